The van der Waals surface area contributed by atoms with Crippen LogP contribution in [0.3, 0.4) is 0 Å². The van der Waals surface area contributed by atoms with Crippen molar-refractivity contribution in [1.82, 2.24) is 9.97 Å². The fourth-order valence-electron chi connectivity index (χ4n) is 1.99. The van der Waals surface area contributed by atoms with Gasteiger partial charge in [-0.1, -0.05) is 30.3 Å². The van der Waals surface area contributed by atoms with Gasteiger partial charge in [0.05, 0.1) is 0 Å². The van der Waals surface area contributed by atoms with E-state index in [1.54, 1.807) is 18.2 Å². The molecule has 21 heavy (non-hydrogen) atoms. The van der Waals surface area contributed by atoms with E-state index in [1.807, 2.05) is 18.2 Å². The quantitative estimate of drug-likeness (QED) is 0.765. The maximum Gasteiger partial charge on any atom is 0.339 e. The summed E-state index contributed by atoms with van der Waals surface area (Å²) in [5.41, 5.74) is 6.73. The van der Waals surface area contributed by atoms with Gasteiger partial charge in [-0.25, -0.2) is 14.8 Å². The van der Waals surface area contributed by atoms with Crippen LogP contribution in [0.2, 0.25) is 0 Å². The van der Waals surface area contributed by atoms with Crippen molar-refractivity contribution in [2.24, 2.45) is 0 Å². The molecule has 0 aliphatic rings. The SMILES string of the molecule is Nc1nccc(-c2cc(C(=O)O)c(-c3ccccc3)o2)n1. The molecule has 3 aromatic rings. The number of nitrogens with two attached hydrogens (primary N) is 1. The van der Waals surface area contributed by atoms with E-state index in [0.29, 0.717) is 17.0 Å². The zero-order chi connectivity index (χ0) is 14.8. The number of aromatic carboxylic acids is 1. The molecule has 0 saturated heterocycles. The molecule has 0 aliphatic carbocycles. The zero-order valence-electron chi connectivity index (χ0n) is 10.9. The molecule has 104 valence electrons. The molecule has 2 aromatic heterocycles. The molecule has 2 heterocycles. The van der Waals surface area contributed by atoms with Crippen LogP contribution in [0.1, 0.15) is 10.4 Å². The van der Waals surface area contributed by atoms with Crippen molar-refractivity contribution >= 4 is 11.9 Å². The molecule has 0 bridgehead atoms. The first kappa shape index (κ1) is 12.9. The first-order valence-corrected chi connectivity index (χ1v) is 6.16. The number of hydrogen-bond acceptors (Lipinski definition) is 5. The number of carboxylic acid groups (broad SMARTS) is 1. The van der Waals surface area contributed by atoms with Gasteiger partial charge in [0.2, 0.25) is 5.95 Å². The molecular weight excluding hydrogens is 270 g/mol. The Hall–Kier alpha value is -3.15. The predicted octanol–water partition coefficient (Wildman–Crippen LogP) is 2.68. The first-order chi connectivity index (χ1) is 10.1. The van der Waals surface area contributed by atoms with Crippen molar-refractivity contribution in [2.45, 2.75) is 0 Å². The fraction of sp³-hybridized carbons (Fsp3) is 0. The minimum absolute atomic E-state index is 0.0772. The fourth-order valence-corrected chi connectivity index (χ4v) is 1.99. The van der Waals surface area contributed by atoms with E-state index in [0.717, 1.165) is 0 Å². The van der Waals surface area contributed by atoms with Crippen molar-refractivity contribution in [2.75, 3.05) is 5.73 Å². The first-order valence-electron chi connectivity index (χ1n) is 6.16. The Balaban J connectivity index is 2.15. The molecule has 6 nitrogen and oxygen atoms in total. The summed E-state index contributed by atoms with van der Waals surface area (Å²) in [5.74, 6) is -0.344. The number of carbonyl (C=O) groups is 1. The van der Waals surface area contributed by atoms with Gasteiger partial charge in [-0.05, 0) is 6.07 Å². The lowest BCUT2D eigenvalue weighted by Gasteiger charge is -1.99. The molecule has 6 heteroatoms. The third-order valence-corrected chi connectivity index (χ3v) is 2.93. The zero-order valence-corrected chi connectivity index (χ0v) is 10.9. The van der Waals surface area contributed by atoms with Gasteiger partial charge in [-0.3, -0.25) is 0 Å². The van der Waals surface area contributed by atoms with E-state index in [2.05, 4.69) is 9.97 Å². The number of carboxylic acids is 1. The Morgan fingerprint density at radius 2 is 1.95 bits per heavy atom. The van der Waals surface area contributed by atoms with Gasteiger partial charge in [0, 0.05) is 17.8 Å². The standard InChI is InChI=1S/C15H11N3O3/c16-15-17-7-6-11(18-15)12-8-10(14(19)20)13(21-12)9-4-2-1-3-5-9/h1-8H,(H,19,20)(H2,16,17,18). The van der Waals surface area contributed by atoms with Crippen molar-refractivity contribution in [3.63, 3.8) is 0 Å². The van der Waals surface area contributed by atoms with Crippen LogP contribution in [0.4, 0.5) is 5.95 Å². The number of anilines is 1. The Kier molecular flexibility index (Phi) is 3.12. The normalized spacial score (nSPS) is 10.5. The average molecular weight is 281 g/mol. The maximum atomic E-state index is 11.4. The molecule has 0 saturated carbocycles. The highest BCUT2D eigenvalue weighted by molar-refractivity contribution is 5.95. The second-order valence-corrected chi connectivity index (χ2v) is 4.32. The molecule has 1 aromatic carbocycles. The summed E-state index contributed by atoms with van der Waals surface area (Å²) in [5, 5.41) is 9.32. The van der Waals surface area contributed by atoms with Crippen LogP contribution in [0, 0.1) is 0 Å². The van der Waals surface area contributed by atoms with E-state index < -0.39 is 5.97 Å². The summed E-state index contributed by atoms with van der Waals surface area (Å²) >= 11 is 0. The summed E-state index contributed by atoms with van der Waals surface area (Å²) in [6, 6.07) is 12.1. The average Bonchev–Trinajstić information content (AvgIpc) is 2.93. The minimum Gasteiger partial charge on any atom is -0.478 e. The number of rotatable bonds is 3. The Morgan fingerprint density at radius 1 is 1.19 bits per heavy atom. The van der Waals surface area contributed by atoms with Crippen LogP contribution in [0.25, 0.3) is 22.8 Å². The summed E-state index contributed by atoms with van der Waals surface area (Å²) < 4.78 is 5.68. The lowest BCUT2D eigenvalue weighted by atomic mass is 10.1. The maximum absolute atomic E-state index is 11.4. The third kappa shape index (κ3) is 2.46. The van der Waals surface area contributed by atoms with Gasteiger partial charge < -0.3 is 15.3 Å². The van der Waals surface area contributed by atoms with Gasteiger partial charge >= 0.3 is 5.97 Å². The second kappa shape index (κ2) is 5.09. The number of benzene rings is 1. The van der Waals surface area contributed by atoms with E-state index in [4.69, 9.17) is 10.2 Å². The van der Waals surface area contributed by atoms with Crippen LogP contribution in [-0.2, 0) is 0 Å². The summed E-state index contributed by atoms with van der Waals surface area (Å²) in [4.78, 5) is 19.2. The highest BCUT2D eigenvalue weighted by Gasteiger charge is 2.20. The number of furan rings is 1. The van der Waals surface area contributed by atoms with Gasteiger partial charge in [0.1, 0.15) is 17.0 Å². The van der Waals surface area contributed by atoms with Crippen LogP contribution < -0.4 is 5.73 Å². The van der Waals surface area contributed by atoms with Gasteiger partial charge in [0.15, 0.2) is 5.76 Å². The summed E-state index contributed by atoms with van der Waals surface area (Å²) in [6.07, 6.45) is 1.49. The van der Waals surface area contributed by atoms with E-state index >= 15 is 0 Å². The lowest BCUT2D eigenvalue weighted by molar-refractivity contribution is 0.0697. The van der Waals surface area contributed by atoms with Crippen LogP contribution in [0.5, 0.6) is 0 Å². The molecule has 0 fully saturated rings. The van der Waals surface area contributed by atoms with Crippen molar-refractivity contribution in [1.29, 1.82) is 0 Å². The van der Waals surface area contributed by atoms with Crippen LogP contribution in [-0.4, -0.2) is 21.0 Å². The largest absolute Gasteiger partial charge is 0.478 e. The van der Waals surface area contributed by atoms with E-state index in [9.17, 15) is 9.90 Å². The number of nitrogen functional groups attached to an aromatic ring is 1. The van der Waals surface area contributed by atoms with Crippen molar-refractivity contribution < 1.29 is 14.3 Å². The van der Waals surface area contributed by atoms with Crippen molar-refractivity contribution in [3.8, 4) is 22.8 Å². The lowest BCUT2D eigenvalue weighted by Crippen LogP contribution is -1.96. The molecule has 0 spiro atoms. The minimum atomic E-state index is -1.06. The number of nitrogens with zero attached hydrogens (tertiary/aromatic N) is 2. The predicted molar refractivity (Wildman–Crippen MR) is 76.5 cm³/mol. The third-order valence-electron chi connectivity index (χ3n) is 2.93. The second-order valence-electron chi connectivity index (χ2n) is 4.32. The summed E-state index contributed by atoms with van der Waals surface area (Å²) in [6.45, 7) is 0. The highest BCUT2D eigenvalue weighted by Crippen LogP contribution is 2.31. The Morgan fingerprint density at radius 3 is 2.62 bits per heavy atom. The molecule has 0 radical (unpaired) electrons. The number of aromatic nitrogens is 2. The van der Waals surface area contributed by atoms with Gasteiger partial charge in [-0.15, -0.1) is 0 Å². The van der Waals surface area contributed by atoms with E-state index in [1.165, 1.54) is 12.3 Å². The van der Waals surface area contributed by atoms with Gasteiger partial charge in [-0.2, -0.15) is 0 Å². The smallest absolute Gasteiger partial charge is 0.339 e. The van der Waals surface area contributed by atoms with E-state index in [-0.39, 0.29) is 17.3 Å². The Bertz CT molecular complexity index is 797. The molecule has 0 aliphatic heterocycles. The molecule has 0 atom stereocenters. The topological polar surface area (TPSA) is 102 Å². The van der Waals surface area contributed by atoms with Crippen LogP contribution in [0.15, 0.2) is 53.1 Å². The molecule has 3 rings (SSSR count). The molecule has 0 unspecified atom stereocenters. The summed E-state index contributed by atoms with van der Waals surface area (Å²) in [7, 11) is 0. The monoisotopic (exact) mass is 281 g/mol. The molecule has 0 amide bonds. The van der Waals surface area contributed by atoms with Gasteiger partial charge in [0.25, 0.3) is 0 Å². The van der Waals surface area contributed by atoms with Crippen molar-refractivity contribution in [3.05, 3.63) is 54.2 Å². The number of hydrogen-bond donors (Lipinski definition) is 2. The van der Waals surface area contributed by atoms with Crippen LogP contribution >= 0.6 is 0 Å². The Labute approximate surface area is 119 Å². The molecular formula is C15H11N3O3. The highest BCUT2D eigenvalue weighted by atomic mass is 16.4. The molecule has 3 N–H and O–H groups in total.